The molecule has 0 spiro atoms. The highest BCUT2D eigenvalue weighted by Gasteiger charge is 2.16. The lowest BCUT2D eigenvalue weighted by Gasteiger charge is -2.12. The first-order chi connectivity index (χ1) is 12.8. The van der Waals surface area contributed by atoms with Gasteiger partial charge in [0.05, 0.1) is 18.1 Å². The number of thiocarbonyl (C=S) groups is 1. The van der Waals surface area contributed by atoms with Gasteiger partial charge in [0.15, 0.2) is 10.9 Å². The number of nitrogens with one attached hydrogen (secondary N) is 2. The van der Waals surface area contributed by atoms with Crippen LogP contribution in [-0.4, -0.2) is 29.2 Å². The predicted molar refractivity (Wildman–Crippen MR) is 106 cm³/mol. The molecule has 2 aromatic carbocycles. The normalized spacial score (nSPS) is 10.2. The van der Waals surface area contributed by atoms with E-state index in [-0.39, 0.29) is 22.7 Å². The molecule has 0 heterocycles. The summed E-state index contributed by atoms with van der Waals surface area (Å²) in [4.78, 5) is 22.7. The molecule has 0 aliphatic rings. The van der Waals surface area contributed by atoms with E-state index in [1.165, 1.54) is 19.2 Å². The molecule has 142 valence electrons. The summed E-state index contributed by atoms with van der Waals surface area (Å²) in [5.41, 5.74) is 0.543. The average Bonchev–Trinajstić information content (AvgIpc) is 2.61. The van der Waals surface area contributed by atoms with E-state index in [0.29, 0.717) is 17.0 Å². The molecule has 0 aromatic heterocycles. The van der Waals surface area contributed by atoms with Crippen molar-refractivity contribution in [2.45, 2.75) is 20.0 Å². The summed E-state index contributed by atoms with van der Waals surface area (Å²) in [6.45, 7) is 3.82. The lowest BCUT2D eigenvalue weighted by molar-refractivity contribution is -0.385. The summed E-state index contributed by atoms with van der Waals surface area (Å²) in [5, 5.41) is 16.3. The molecular weight excluding hydrogens is 370 g/mol. The number of amides is 1. The van der Waals surface area contributed by atoms with Crippen LogP contribution in [0.2, 0.25) is 0 Å². The van der Waals surface area contributed by atoms with Crippen molar-refractivity contribution in [3.05, 3.63) is 58.1 Å². The van der Waals surface area contributed by atoms with Crippen LogP contribution in [0.5, 0.6) is 11.5 Å². The molecule has 0 atom stereocenters. The monoisotopic (exact) mass is 389 g/mol. The predicted octanol–water partition coefficient (Wildman–Crippen LogP) is 3.52. The number of benzene rings is 2. The number of hydrogen-bond donors (Lipinski definition) is 2. The van der Waals surface area contributed by atoms with Gasteiger partial charge < -0.3 is 14.8 Å². The molecule has 0 aliphatic carbocycles. The minimum Gasteiger partial charge on any atom is -0.491 e. The van der Waals surface area contributed by atoms with E-state index in [9.17, 15) is 14.9 Å². The highest BCUT2D eigenvalue weighted by atomic mass is 32.1. The number of ether oxygens (including phenoxy) is 2. The summed E-state index contributed by atoms with van der Waals surface area (Å²) < 4.78 is 10.5. The van der Waals surface area contributed by atoms with E-state index in [2.05, 4.69) is 10.6 Å². The summed E-state index contributed by atoms with van der Waals surface area (Å²) in [7, 11) is 1.35. The van der Waals surface area contributed by atoms with Crippen molar-refractivity contribution < 1.29 is 19.2 Å². The smallest absolute Gasteiger partial charge is 0.312 e. The molecule has 0 radical (unpaired) electrons. The van der Waals surface area contributed by atoms with Crippen LogP contribution in [0.4, 0.5) is 11.4 Å². The highest BCUT2D eigenvalue weighted by molar-refractivity contribution is 7.80. The Bertz CT molecular complexity index is 853. The first-order valence-corrected chi connectivity index (χ1v) is 8.42. The molecule has 1 amide bonds. The Hall–Kier alpha value is -3.20. The fraction of sp³-hybridized carbons (Fsp3) is 0.222. The fourth-order valence-corrected chi connectivity index (χ4v) is 2.42. The van der Waals surface area contributed by atoms with Crippen molar-refractivity contribution in [2.75, 3.05) is 12.4 Å². The molecule has 9 heteroatoms. The Labute approximate surface area is 161 Å². The lowest BCUT2D eigenvalue weighted by Crippen LogP contribution is -2.34. The zero-order valence-corrected chi connectivity index (χ0v) is 15.8. The zero-order valence-electron chi connectivity index (χ0n) is 15.0. The van der Waals surface area contributed by atoms with Gasteiger partial charge in [0.1, 0.15) is 5.75 Å². The number of methoxy groups -OCH3 is 1. The Balaban J connectivity index is 2.02. The van der Waals surface area contributed by atoms with Gasteiger partial charge in [-0.15, -0.1) is 0 Å². The Morgan fingerprint density at radius 1 is 1.19 bits per heavy atom. The maximum Gasteiger partial charge on any atom is 0.312 e. The van der Waals surface area contributed by atoms with E-state index in [4.69, 9.17) is 21.7 Å². The standard InChI is InChI=1S/C18H19N3O5S/c1-11(2)26-14-7-4-12(5-8-14)17(22)20-18(27)19-13-6-9-16(25-3)15(10-13)21(23)24/h4-11H,1-3H3,(H2,19,20,22,27). The van der Waals surface area contributed by atoms with Crippen LogP contribution < -0.4 is 20.1 Å². The van der Waals surface area contributed by atoms with Crippen LogP contribution >= 0.6 is 12.2 Å². The van der Waals surface area contributed by atoms with Gasteiger partial charge in [-0.3, -0.25) is 20.2 Å². The second-order valence-electron chi connectivity index (χ2n) is 5.74. The summed E-state index contributed by atoms with van der Waals surface area (Å²) >= 11 is 5.10. The molecule has 27 heavy (non-hydrogen) atoms. The van der Waals surface area contributed by atoms with Crippen molar-refractivity contribution in [1.82, 2.24) is 5.32 Å². The molecular formula is C18H19N3O5S. The number of carbonyl (C=O) groups excluding carboxylic acids is 1. The van der Waals surface area contributed by atoms with Gasteiger partial charge >= 0.3 is 5.69 Å². The summed E-state index contributed by atoms with van der Waals surface area (Å²) in [5.74, 6) is 0.378. The summed E-state index contributed by atoms with van der Waals surface area (Å²) in [6, 6.07) is 10.9. The number of nitro benzene ring substituents is 1. The minimum absolute atomic E-state index is 0.0157. The van der Waals surface area contributed by atoms with E-state index in [1.807, 2.05) is 13.8 Å². The third kappa shape index (κ3) is 5.65. The number of nitrogens with zero attached hydrogens (tertiary/aromatic N) is 1. The van der Waals surface area contributed by atoms with Gasteiger partial charge in [-0.2, -0.15) is 0 Å². The number of anilines is 1. The van der Waals surface area contributed by atoms with Crippen molar-refractivity contribution in [1.29, 1.82) is 0 Å². The molecule has 8 nitrogen and oxygen atoms in total. The van der Waals surface area contributed by atoms with Gasteiger partial charge in [0, 0.05) is 17.3 Å². The van der Waals surface area contributed by atoms with E-state index in [0.717, 1.165) is 0 Å². The number of nitro groups is 1. The van der Waals surface area contributed by atoms with Crippen molar-refractivity contribution in [3.8, 4) is 11.5 Å². The maximum atomic E-state index is 12.2. The average molecular weight is 389 g/mol. The minimum atomic E-state index is -0.563. The molecule has 0 saturated heterocycles. The van der Waals surface area contributed by atoms with E-state index >= 15 is 0 Å². The van der Waals surface area contributed by atoms with Gasteiger partial charge in [-0.05, 0) is 62.5 Å². The first kappa shape index (κ1) is 20.1. The number of hydrogen-bond acceptors (Lipinski definition) is 6. The molecule has 0 unspecified atom stereocenters. The maximum absolute atomic E-state index is 12.2. The van der Waals surface area contributed by atoms with Crippen LogP contribution in [0.1, 0.15) is 24.2 Å². The largest absolute Gasteiger partial charge is 0.491 e. The van der Waals surface area contributed by atoms with Gasteiger partial charge in [-0.25, -0.2) is 0 Å². The first-order valence-electron chi connectivity index (χ1n) is 8.01. The molecule has 2 aromatic rings. The number of carbonyl (C=O) groups is 1. The molecule has 2 N–H and O–H groups in total. The van der Waals surface area contributed by atoms with Crippen LogP contribution in [-0.2, 0) is 0 Å². The molecule has 0 aliphatic heterocycles. The van der Waals surface area contributed by atoms with Gasteiger partial charge in [0.25, 0.3) is 5.91 Å². The van der Waals surface area contributed by atoms with Crippen LogP contribution in [0.15, 0.2) is 42.5 Å². The SMILES string of the molecule is COc1ccc(NC(=S)NC(=O)c2ccc(OC(C)C)cc2)cc1[N+](=O)[O-]. The van der Waals surface area contributed by atoms with Crippen molar-refractivity contribution in [2.24, 2.45) is 0 Å². The van der Waals surface area contributed by atoms with Crippen molar-refractivity contribution >= 4 is 34.6 Å². The molecule has 0 fully saturated rings. The third-order valence-corrected chi connectivity index (χ3v) is 3.55. The number of rotatable bonds is 6. The van der Waals surface area contributed by atoms with Gasteiger partial charge in [0.2, 0.25) is 0 Å². The Morgan fingerprint density at radius 3 is 2.41 bits per heavy atom. The molecule has 0 saturated carbocycles. The summed E-state index contributed by atoms with van der Waals surface area (Å²) in [6.07, 6.45) is 0.0370. The second-order valence-corrected chi connectivity index (χ2v) is 6.15. The fourth-order valence-electron chi connectivity index (χ4n) is 2.21. The van der Waals surface area contributed by atoms with Crippen LogP contribution in [0, 0.1) is 10.1 Å². The van der Waals surface area contributed by atoms with Crippen molar-refractivity contribution in [3.63, 3.8) is 0 Å². The Kier molecular flexibility index (Phi) is 6.67. The highest BCUT2D eigenvalue weighted by Crippen LogP contribution is 2.29. The van der Waals surface area contributed by atoms with E-state index in [1.54, 1.807) is 30.3 Å². The topological polar surface area (TPSA) is 103 Å². The lowest BCUT2D eigenvalue weighted by atomic mass is 10.2. The molecule has 0 bridgehead atoms. The quantitative estimate of drug-likeness (QED) is 0.443. The Morgan fingerprint density at radius 2 is 1.85 bits per heavy atom. The molecule has 2 rings (SSSR count). The second kappa shape index (κ2) is 8.95. The van der Waals surface area contributed by atoms with Crippen LogP contribution in [0.25, 0.3) is 0 Å². The third-order valence-electron chi connectivity index (χ3n) is 3.35. The van der Waals surface area contributed by atoms with Crippen LogP contribution in [0.3, 0.4) is 0 Å². The van der Waals surface area contributed by atoms with Gasteiger partial charge in [-0.1, -0.05) is 0 Å². The van der Waals surface area contributed by atoms with E-state index < -0.39 is 10.8 Å². The zero-order chi connectivity index (χ0) is 20.0.